The van der Waals surface area contributed by atoms with Gasteiger partial charge in [0.25, 0.3) is 5.91 Å². The number of hydrogen-bond acceptors (Lipinski definition) is 6. The third-order valence-corrected chi connectivity index (χ3v) is 4.77. The second-order valence-electron chi connectivity index (χ2n) is 6.72. The number of aromatic nitrogens is 4. The minimum atomic E-state index is -0.279. The highest BCUT2D eigenvalue weighted by Crippen LogP contribution is 2.24. The Morgan fingerprint density at radius 1 is 1.18 bits per heavy atom. The first-order valence-electron chi connectivity index (χ1n) is 9.32. The highest BCUT2D eigenvalue weighted by atomic mass is 16.5. The number of ether oxygens (including phenoxy) is 1. The lowest BCUT2D eigenvalue weighted by atomic mass is 10.1. The highest BCUT2D eigenvalue weighted by molar-refractivity contribution is 6.03. The van der Waals surface area contributed by atoms with Crippen LogP contribution in [-0.4, -0.2) is 39.0 Å². The lowest BCUT2D eigenvalue weighted by Gasteiger charge is -2.23. The van der Waals surface area contributed by atoms with E-state index < -0.39 is 0 Å². The number of carbonyl (C=O) groups excluding carboxylic acids is 1. The zero-order valence-corrected chi connectivity index (χ0v) is 15.6. The maximum absolute atomic E-state index is 12.7. The second-order valence-corrected chi connectivity index (χ2v) is 6.72. The lowest BCUT2D eigenvalue weighted by molar-refractivity contribution is 0.102. The summed E-state index contributed by atoms with van der Waals surface area (Å²) in [4.78, 5) is 16.7. The van der Waals surface area contributed by atoms with Crippen molar-refractivity contribution >= 4 is 11.6 Å². The van der Waals surface area contributed by atoms with Gasteiger partial charge >= 0.3 is 0 Å². The lowest BCUT2D eigenvalue weighted by Crippen LogP contribution is -2.30. The Morgan fingerprint density at radius 2 is 1.96 bits per heavy atom. The van der Waals surface area contributed by atoms with E-state index in [9.17, 15) is 4.79 Å². The molecule has 0 aliphatic carbocycles. The maximum Gasteiger partial charge on any atom is 0.278 e. The molecule has 2 aromatic heterocycles. The van der Waals surface area contributed by atoms with Crippen molar-refractivity contribution in [3.63, 3.8) is 0 Å². The summed E-state index contributed by atoms with van der Waals surface area (Å²) in [6, 6.07) is 11.1. The summed E-state index contributed by atoms with van der Waals surface area (Å²) in [5.41, 5.74) is 1.76. The first-order valence-corrected chi connectivity index (χ1v) is 9.32. The topological polar surface area (TPSA) is 94.0 Å². The van der Waals surface area contributed by atoms with Crippen LogP contribution in [0.3, 0.4) is 0 Å². The standard InChI is InChI=1S/C20H22N6O2/c1-14-19(24-25-26(14)16-5-9-21-10-6-16)20(27)23-15-3-2-4-18(13-15)28-17-7-11-22-12-8-17/h2-4,7-8,11-13,16,21H,5-6,9-10H2,1H3,(H,23,27). The fraction of sp³-hybridized carbons (Fsp3) is 0.300. The third kappa shape index (κ3) is 4.01. The van der Waals surface area contributed by atoms with Gasteiger partial charge in [-0.15, -0.1) is 5.10 Å². The van der Waals surface area contributed by atoms with Gasteiger partial charge in [-0.05, 0) is 57.1 Å². The van der Waals surface area contributed by atoms with Crippen molar-refractivity contribution in [3.05, 3.63) is 60.2 Å². The van der Waals surface area contributed by atoms with E-state index in [1.165, 1.54) is 0 Å². The molecule has 0 radical (unpaired) electrons. The summed E-state index contributed by atoms with van der Waals surface area (Å²) >= 11 is 0. The summed E-state index contributed by atoms with van der Waals surface area (Å²) in [6.45, 7) is 3.80. The first kappa shape index (κ1) is 18.1. The Hall–Kier alpha value is -3.26. The van der Waals surface area contributed by atoms with Crippen molar-refractivity contribution in [1.82, 2.24) is 25.3 Å². The molecule has 0 unspecified atom stereocenters. The van der Waals surface area contributed by atoms with Gasteiger partial charge in [-0.25, -0.2) is 4.68 Å². The Morgan fingerprint density at radius 3 is 2.75 bits per heavy atom. The largest absolute Gasteiger partial charge is 0.457 e. The Labute approximate surface area is 162 Å². The molecular formula is C20H22N6O2. The zero-order valence-electron chi connectivity index (χ0n) is 15.6. The van der Waals surface area contributed by atoms with Gasteiger partial charge in [0, 0.05) is 24.1 Å². The van der Waals surface area contributed by atoms with Gasteiger partial charge in [0.05, 0.1) is 11.7 Å². The second kappa shape index (κ2) is 8.18. The number of piperidine rings is 1. The van der Waals surface area contributed by atoms with Crippen LogP contribution in [0.5, 0.6) is 11.5 Å². The van der Waals surface area contributed by atoms with Crippen LogP contribution in [0.15, 0.2) is 48.8 Å². The molecular weight excluding hydrogens is 356 g/mol. The molecule has 0 bridgehead atoms. The summed E-state index contributed by atoms with van der Waals surface area (Å²) in [6.07, 6.45) is 5.30. The van der Waals surface area contributed by atoms with Crippen molar-refractivity contribution in [2.45, 2.75) is 25.8 Å². The van der Waals surface area contributed by atoms with Crippen LogP contribution in [0.4, 0.5) is 5.69 Å². The monoisotopic (exact) mass is 378 g/mol. The van der Waals surface area contributed by atoms with E-state index >= 15 is 0 Å². The Kier molecular flexibility index (Phi) is 5.29. The molecule has 2 N–H and O–H groups in total. The number of benzene rings is 1. The van der Waals surface area contributed by atoms with Gasteiger partial charge in [-0.1, -0.05) is 11.3 Å². The van der Waals surface area contributed by atoms with Crippen LogP contribution >= 0.6 is 0 Å². The van der Waals surface area contributed by atoms with Crippen molar-refractivity contribution in [2.24, 2.45) is 0 Å². The van der Waals surface area contributed by atoms with Gasteiger partial charge in [-0.3, -0.25) is 9.78 Å². The van der Waals surface area contributed by atoms with Gasteiger partial charge in [0.1, 0.15) is 11.5 Å². The number of carbonyl (C=O) groups is 1. The number of amides is 1. The molecule has 1 aliphatic rings. The van der Waals surface area contributed by atoms with E-state index in [2.05, 4.69) is 25.9 Å². The molecule has 1 amide bonds. The van der Waals surface area contributed by atoms with Crippen molar-refractivity contribution < 1.29 is 9.53 Å². The van der Waals surface area contributed by atoms with Gasteiger partial charge in [0.2, 0.25) is 0 Å². The summed E-state index contributed by atoms with van der Waals surface area (Å²) in [5.74, 6) is 1.03. The Bertz CT molecular complexity index is 950. The summed E-state index contributed by atoms with van der Waals surface area (Å²) < 4.78 is 7.66. The number of anilines is 1. The van der Waals surface area contributed by atoms with E-state index in [0.29, 0.717) is 22.9 Å². The SMILES string of the molecule is Cc1c(C(=O)Nc2cccc(Oc3ccncc3)c2)nnn1C1CCNCC1. The molecule has 1 aromatic carbocycles. The van der Waals surface area contributed by atoms with Crippen LogP contribution in [0.2, 0.25) is 0 Å². The Balaban J connectivity index is 1.46. The molecule has 4 rings (SSSR count). The molecule has 3 aromatic rings. The normalized spacial score (nSPS) is 14.6. The molecule has 3 heterocycles. The van der Waals surface area contributed by atoms with Crippen molar-refractivity contribution in [1.29, 1.82) is 0 Å². The smallest absolute Gasteiger partial charge is 0.278 e. The van der Waals surface area contributed by atoms with E-state index in [1.807, 2.05) is 29.8 Å². The number of hydrogen-bond donors (Lipinski definition) is 2. The number of pyridine rings is 1. The predicted octanol–water partition coefficient (Wildman–Crippen LogP) is 2.95. The first-order chi connectivity index (χ1) is 13.7. The molecule has 144 valence electrons. The van der Waals surface area contributed by atoms with Crippen LogP contribution in [0.1, 0.15) is 35.1 Å². The highest BCUT2D eigenvalue weighted by Gasteiger charge is 2.23. The van der Waals surface area contributed by atoms with Crippen LogP contribution in [0.25, 0.3) is 0 Å². The van der Waals surface area contributed by atoms with Gasteiger partial charge in [0.15, 0.2) is 5.69 Å². The van der Waals surface area contributed by atoms with Crippen molar-refractivity contribution in [3.8, 4) is 11.5 Å². The fourth-order valence-electron chi connectivity index (χ4n) is 3.32. The molecule has 1 aliphatic heterocycles. The number of rotatable bonds is 5. The molecule has 0 saturated carbocycles. The minimum absolute atomic E-state index is 0.279. The maximum atomic E-state index is 12.7. The van der Waals surface area contributed by atoms with Crippen LogP contribution in [-0.2, 0) is 0 Å². The number of nitrogens with zero attached hydrogens (tertiary/aromatic N) is 4. The molecule has 1 saturated heterocycles. The molecule has 0 atom stereocenters. The summed E-state index contributed by atoms with van der Waals surface area (Å²) in [7, 11) is 0. The van der Waals surface area contributed by atoms with E-state index in [4.69, 9.17) is 4.74 Å². The van der Waals surface area contributed by atoms with E-state index in [1.54, 1.807) is 30.6 Å². The molecule has 1 fully saturated rings. The van der Waals surface area contributed by atoms with Gasteiger partial charge < -0.3 is 15.4 Å². The molecule has 8 nitrogen and oxygen atoms in total. The zero-order chi connectivity index (χ0) is 19.3. The molecule has 0 spiro atoms. The third-order valence-electron chi connectivity index (χ3n) is 4.77. The molecule has 8 heteroatoms. The van der Waals surface area contributed by atoms with E-state index in [-0.39, 0.29) is 11.9 Å². The van der Waals surface area contributed by atoms with Gasteiger partial charge in [-0.2, -0.15) is 0 Å². The fourth-order valence-corrected chi connectivity index (χ4v) is 3.32. The average Bonchev–Trinajstić information content (AvgIpc) is 3.11. The van der Waals surface area contributed by atoms with E-state index in [0.717, 1.165) is 31.6 Å². The average molecular weight is 378 g/mol. The minimum Gasteiger partial charge on any atom is -0.457 e. The van der Waals surface area contributed by atoms with Crippen molar-refractivity contribution in [2.75, 3.05) is 18.4 Å². The van der Waals surface area contributed by atoms with Crippen LogP contribution in [0, 0.1) is 6.92 Å². The predicted molar refractivity (Wildman–Crippen MR) is 105 cm³/mol. The summed E-state index contributed by atoms with van der Waals surface area (Å²) in [5, 5.41) is 14.6. The van der Waals surface area contributed by atoms with Crippen LogP contribution < -0.4 is 15.4 Å². The molecule has 28 heavy (non-hydrogen) atoms. The quantitative estimate of drug-likeness (QED) is 0.709. The number of nitrogens with one attached hydrogen (secondary N) is 2.